The molecule has 4 N–H and O–H groups in total. The predicted octanol–water partition coefficient (Wildman–Crippen LogP) is 1.46. The van der Waals surface area contributed by atoms with Gasteiger partial charge in [-0.1, -0.05) is 24.6 Å². The van der Waals surface area contributed by atoms with Gasteiger partial charge in [-0.05, 0) is 31.5 Å². The minimum atomic E-state index is -0.366. The van der Waals surface area contributed by atoms with Crippen molar-refractivity contribution in [2.75, 3.05) is 12.3 Å². The summed E-state index contributed by atoms with van der Waals surface area (Å²) in [5.74, 6) is 0.00230. The molecule has 0 aliphatic carbocycles. The van der Waals surface area contributed by atoms with Crippen LogP contribution in [0.5, 0.6) is 0 Å². The van der Waals surface area contributed by atoms with Crippen molar-refractivity contribution in [3.05, 3.63) is 46.2 Å². The Bertz CT molecular complexity index is 701. The molecular weight excluding hydrogens is 280 g/mol. The molecule has 6 nitrogen and oxygen atoms in total. The molecule has 0 spiro atoms. The number of anilines is 1. The highest BCUT2D eigenvalue weighted by Crippen LogP contribution is 2.15. The average molecular weight is 302 g/mol. The Labute approximate surface area is 129 Å². The van der Waals surface area contributed by atoms with Crippen LogP contribution in [0.3, 0.4) is 0 Å². The van der Waals surface area contributed by atoms with Crippen LogP contribution in [0.2, 0.25) is 0 Å². The zero-order valence-corrected chi connectivity index (χ0v) is 12.8. The lowest BCUT2D eigenvalue weighted by atomic mass is 10.1. The normalized spacial score (nSPS) is 10.8. The quantitative estimate of drug-likeness (QED) is 0.598. The highest BCUT2D eigenvalue weighted by molar-refractivity contribution is 5.99. The first-order valence-corrected chi connectivity index (χ1v) is 7.44. The number of nitrogens with zero attached hydrogens (tertiary/aromatic N) is 2. The fourth-order valence-corrected chi connectivity index (χ4v) is 2.47. The van der Waals surface area contributed by atoms with Gasteiger partial charge in [-0.25, -0.2) is 4.68 Å². The minimum Gasteiger partial charge on any atom is -0.383 e. The summed E-state index contributed by atoms with van der Waals surface area (Å²) >= 11 is 0. The monoisotopic (exact) mass is 302 g/mol. The smallest absolute Gasteiger partial charge is 0.284 e. The van der Waals surface area contributed by atoms with Crippen LogP contribution in [0.25, 0.3) is 5.69 Å². The SMILES string of the molecule is Cn1c(N)c(C(=O)CCCCCN)c(=O)n1-c1ccccc1. The molecule has 0 unspecified atom stereocenters. The van der Waals surface area contributed by atoms with E-state index >= 15 is 0 Å². The molecule has 0 amide bonds. The fourth-order valence-electron chi connectivity index (χ4n) is 2.47. The number of carbonyl (C=O) groups is 1. The molecule has 0 fully saturated rings. The summed E-state index contributed by atoms with van der Waals surface area (Å²) in [6, 6.07) is 9.13. The van der Waals surface area contributed by atoms with E-state index in [2.05, 4.69) is 0 Å². The van der Waals surface area contributed by atoms with Crippen molar-refractivity contribution < 1.29 is 4.79 Å². The molecule has 0 aliphatic rings. The number of benzene rings is 1. The number of hydrogen-bond donors (Lipinski definition) is 2. The number of para-hydroxylation sites is 1. The van der Waals surface area contributed by atoms with Crippen LogP contribution < -0.4 is 17.0 Å². The van der Waals surface area contributed by atoms with E-state index in [4.69, 9.17) is 11.5 Å². The third-order valence-corrected chi connectivity index (χ3v) is 3.70. The molecule has 0 bridgehead atoms. The lowest BCUT2D eigenvalue weighted by Gasteiger charge is -2.07. The first-order chi connectivity index (χ1) is 10.6. The van der Waals surface area contributed by atoms with Gasteiger partial charge in [-0.15, -0.1) is 0 Å². The number of carbonyl (C=O) groups excluding carboxylic acids is 1. The summed E-state index contributed by atoms with van der Waals surface area (Å²) in [6.45, 7) is 0.614. The van der Waals surface area contributed by atoms with E-state index in [0.29, 0.717) is 18.7 Å². The summed E-state index contributed by atoms with van der Waals surface area (Å²) in [4.78, 5) is 24.9. The number of nitrogens with two attached hydrogens (primary N) is 2. The molecule has 0 aliphatic heterocycles. The van der Waals surface area contributed by atoms with Gasteiger partial charge in [0.2, 0.25) is 0 Å². The average Bonchev–Trinajstić information content (AvgIpc) is 2.74. The molecule has 0 atom stereocenters. The maximum atomic E-state index is 12.6. The standard InChI is InChI=1S/C16H22N4O2/c1-19-15(18)14(13(21)10-6-3-7-11-17)16(22)20(19)12-8-4-2-5-9-12/h2,4-5,8-9H,3,6-7,10-11,17-18H2,1H3. The molecule has 2 aromatic rings. The lowest BCUT2D eigenvalue weighted by molar-refractivity contribution is 0.0979. The van der Waals surface area contributed by atoms with Crippen LogP contribution in [0.4, 0.5) is 5.82 Å². The van der Waals surface area contributed by atoms with Crippen molar-refractivity contribution in [3.63, 3.8) is 0 Å². The molecule has 22 heavy (non-hydrogen) atoms. The minimum absolute atomic E-state index is 0.0825. The molecule has 2 rings (SSSR count). The van der Waals surface area contributed by atoms with Crippen LogP contribution in [0.15, 0.2) is 35.1 Å². The number of Topliss-reactive ketones (excluding diaryl/α,β-unsaturated/α-hetero) is 1. The molecule has 118 valence electrons. The van der Waals surface area contributed by atoms with Gasteiger partial charge in [0.1, 0.15) is 11.4 Å². The summed E-state index contributed by atoms with van der Waals surface area (Å²) in [5.41, 5.74) is 11.8. The number of rotatable bonds is 7. The van der Waals surface area contributed by atoms with Crippen LogP contribution in [-0.2, 0) is 7.05 Å². The molecular formula is C16H22N4O2. The van der Waals surface area contributed by atoms with Crippen molar-refractivity contribution in [1.29, 1.82) is 0 Å². The summed E-state index contributed by atoms with van der Waals surface area (Å²) in [5, 5.41) is 0. The van der Waals surface area contributed by atoms with Crippen LogP contribution >= 0.6 is 0 Å². The Morgan fingerprint density at radius 2 is 1.82 bits per heavy atom. The number of unbranched alkanes of at least 4 members (excludes halogenated alkanes) is 2. The number of ketones is 1. The first-order valence-electron chi connectivity index (χ1n) is 7.44. The zero-order valence-electron chi connectivity index (χ0n) is 12.8. The largest absolute Gasteiger partial charge is 0.383 e. The molecule has 1 heterocycles. The van der Waals surface area contributed by atoms with Crippen molar-refractivity contribution in [3.8, 4) is 5.69 Å². The van der Waals surface area contributed by atoms with E-state index < -0.39 is 0 Å². The predicted molar refractivity (Wildman–Crippen MR) is 87.3 cm³/mol. The lowest BCUT2D eigenvalue weighted by Crippen LogP contribution is -2.22. The first kappa shape index (κ1) is 16.0. The van der Waals surface area contributed by atoms with Gasteiger partial charge in [0, 0.05) is 13.5 Å². The third-order valence-electron chi connectivity index (χ3n) is 3.70. The Balaban J connectivity index is 2.31. The second-order valence-corrected chi connectivity index (χ2v) is 5.26. The van der Waals surface area contributed by atoms with E-state index in [1.807, 2.05) is 18.2 Å². The number of nitrogen functional groups attached to an aromatic ring is 1. The van der Waals surface area contributed by atoms with Crippen LogP contribution in [-0.4, -0.2) is 21.7 Å². The van der Waals surface area contributed by atoms with Gasteiger partial charge in [0.25, 0.3) is 5.56 Å². The van der Waals surface area contributed by atoms with Crippen LogP contribution in [0, 0.1) is 0 Å². The van der Waals surface area contributed by atoms with E-state index in [1.54, 1.807) is 19.2 Å². The van der Waals surface area contributed by atoms with Crippen LogP contribution in [0.1, 0.15) is 36.0 Å². The highest BCUT2D eigenvalue weighted by atomic mass is 16.2. The van der Waals surface area contributed by atoms with Gasteiger partial charge >= 0.3 is 0 Å². The maximum Gasteiger partial charge on any atom is 0.284 e. The second kappa shape index (κ2) is 7.09. The molecule has 1 aromatic carbocycles. The van der Waals surface area contributed by atoms with Crippen molar-refractivity contribution in [1.82, 2.24) is 9.36 Å². The van der Waals surface area contributed by atoms with Gasteiger partial charge in [0.15, 0.2) is 5.78 Å². The Morgan fingerprint density at radius 3 is 2.45 bits per heavy atom. The van der Waals surface area contributed by atoms with E-state index in [0.717, 1.165) is 19.3 Å². The van der Waals surface area contributed by atoms with E-state index in [-0.39, 0.29) is 22.7 Å². The molecule has 6 heteroatoms. The fraction of sp³-hybridized carbons (Fsp3) is 0.375. The summed E-state index contributed by atoms with van der Waals surface area (Å²) in [6.07, 6.45) is 2.79. The van der Waals surface area contributed by atoms with E-state index in [1.165, 1.54) is 9.36 Å². The molecule has 1 aromatic heterocycles. The number of hydrogen-bond acceptors (Lipinski definition) is 4. The Hall–Kier alpha value is -2.34. The van der Waals surface area contributed by atoms with Crippen molar-refractivity contribution in [2.45, 2.75) is 25.7 Å². The van der Waals surface area contributed by atoms with E-state index in [9.17, 15) is 9.59 Å². The molecule has 0 saturated heterocycles. The number of aromatic nitrogens is 2. The third kappa shape index (κ3) is 3.12. The molecule has 0 saturated carbocycles. The van der Waals surface area contributed by atoms with Crippen molar-refractivity contribution >= 4 is 11.6 Å². The maximum absolute atomic E-state index is 12.6. The topological polar surface area (TPSA) is 96.0 Å². The zero-order chi connectivity index (χ0) is 16.1. The Kier molecular flexibility index (Phi) is 5.16. The molecule has 0 radical (unpaired) electrons. The van der Waals surface area contributed by atoms with Gasteiger partial charge in [-0.3, -0.25) is 14.3 Å². The Morgan fingerprint density at radius 1 is 1.14 bits per heavy atom. The summed E-state index contributed by atoms with van der Waals surface area (Å²) in [7, 11) is 1.68. The second-order valence-electron chi connectivity index (χ2n) is 5.26. The van der Waals surface area contributed by atoms with Gasteiger partial charge in [-0.2, -0.15) is 0 Å². The van der Waals surface area contributed by atoms with Gasteiger partial charge < -0.3 is 11.5 Å². The van der Waals surface area contributed by atoms with Crippen molar-refractivity contribution in [2.24, 2.45) is 12.8 Å². The summed E-state index contributed by atoms with van der Waals surface area (Å²) < 4.78 is 2.94. The van der Waals surface area contributed by atoms with Gasteiger partial charge in [0.05, 0.1) is 5.69 Å². The highest BCUT2D eigenvalue weighted by Gasteiger charge is 2.22.